The fourth-order valence-electron chi connectivity index (χ4n) is 3.46. The van der Waals surface area contributed by atoms with Crippen molar-refractivity contribution in [3.05, 3.63) is 33.4 Å². The summed E-state index contributed by atoms with van der Waals surface area (Å²) in [6, 6.07) is 8.19. The Morgan fingerprint density at radius 3 is 2.60 bits per heavy atom. The van der Waals surface area contributed by atoms with Crippen LogP contribution in [-0.4, -0.2) is 19.2 Å². The summed E-state index contributed by atoms with van der Waals surface area (Å²) in [6.45, 7) is 2.16. The van der Waals surface area contributed by atoms with Crippen LogP contribution in [0.25, 0.3) is 0 Å². The van der Waals surface area contributed by atoms with Crippen LogP contribution < -0.4 is 5.32 Å². The van der Waals surface area contributed by atoms with Crippen LogP contribution in [0.3, 0.4) is 0 Å². The first-order valence-electron chi connectivity index (χ1n) is 9.41. The van der Waals surface area contributed by atoms with E-state index in [1.165, 1.54) is 19.3 Å². The number of hydrogen-bond acceptors (Lipinski definition) is 3. The van der Waals surface area contributed by atoms with E-state index >= 15 is 0 Å². The molecule has 1 saturated carbocycles. The number of amides is 1. The summed E-state index contributed by atoms with van der Waals surface area (Å²) in [5.41, 5.74) is 0.924. The lowest BCUT2D eigenvalue weighted by Gasteiger charge is -2.34. The van der Waals surface area contributed by atoms with Gasteiger partial charge in [0.2, 0.25) is 5.79 Å². The van der Waals surface area contributed by atoms with E-state index in [2.05, 4.69) is 34.8 Å². The zero-order chi connectivity index (χ0) is 18.1. The number of rotatable bonds is 8. The number of methoxy groups -OCH3 is 1. The van der Waals surface area contributed by atoms with Crippen LogP contribution in [0.4, 0.5) is 4.79 Å². The summed E-state index contributed by atoms with van der Waals surface area (Å²) < 4.78 is 12.8. The Morgan fingerprint density at radius 2 is 1.96 bits per heavy atom. The van der Waals surface area contributed by atoms with Gasteiger partial charge in [0.25, 0.3) is 0 Å². The van der Waals surface area contributed by atoms with Crippen LogP contribution in [0, 0.1) is 3.57 Å². The van der Waals surface area contributed by atoms with Gasteiger partial charge in [-0.05, 0) is 47.9 Å². The van der Waals surface area contributed by atoms with Crippen molar-refractivity contribution in [3.8, 4) is 0 Å². The van der Waals surface area contributed by atoms with Crippen molar-refractivity contribution in [2.75, 3.05) is 7.11 Å². The third kappa shape index (κ3) is 5.84. The summed E-state index contributed by atoms with van der Waals surface area (Å²) in [7, 11) is 1.63. The molecule has 1 atom stereocenters. The molecular formula is C20H30INO3. The quantitative estimate of drug-likeness (QED) is 0.307. The minimum absolute atomic E-state index is 0.223. The molecule has 0 bridgehead atoms. The fraction of sp³-hybridized carbons (Fsp3) is 0.650. The number of carbonyl (C=O) groups excluding carboxylic acids is 1. The fourth-order valence-corrected chi connectivity index (χ4v) is 4.26. The monoisotopic (exact) mass is 459 g/mol. The molecule has 0 spiro atoms. The molecule has 140 valence electrons. The first-order chi connectivity index (χ1) is 12.1. The van der Waals surface area contributed by atoms with Gasteiger partial charge in [0.1, 0.15) is 0 Å². The Kier molecular flexibility index (Phi) is 8.49. The second kappa shape index (κ2) is 10.4. The van der Waals surface area contributed by atoms with Crippen LogP contribution in [-0.2, 0) is 15.3 Å². The normalized spacial score (nSPS) is 17.7. The zero-order valence-corrected chi connectivity index (χ0v) is 17.5. The van der Waals surface area contributed by atoms with Crippen LogP contribution in [0.5, 0.6) is 0 Å². The molecule has 1 aliphatic carbocycles. The molecule has 5 heteroatoms. The third-order valence-corrected chi connectivity index (χ3v) is 5.85. The summed E-state index contributed by atoms with van der Waals surface area (Å²) in [5, 5.41) is 3.04. The van der Waals surface area contributed by atoms with Crippen molar-refractivity contribution in [2.45, 2.75) is 76.5 Å². The maximum absolute atomic E-state index is 12.6. The van der Waals surface area contributed by atoms with Gasteiger partial charge in [-0.25, -0.2) is 4.79 Å². The average Bonchev–Trinajstić information content (AvgIpc) is 2.62. The van der Waals surface area contributed by atoms with E-state index in [1.807, 2.05) is 24.3 Å². The highest BCUT2D eigenvalue weighted by atomic mass is 127. The van der Waals surface area contributed by atoms with Crippen molar-refractivity contribution in [1.82, 2.24) is 5.32 Å². The SMILES string of the molecule is CCCCC[C@](OC)(OC(=O)NC1CCCCC1)c1ccccc1I. The number of halogens is 1. The minimum Gasteiger partial charge on any atom is -0.412 e. The predicted octanol–water partition coefficient (Wildman–Crippen LogP) is 5.73. The topological polar surface area (TPSA) is 47.6 Å². The summed E-state index contributed by atoms with van der Waals surface area (Å²) in [5.74, 6) is -1.02. The van der Waals surface area contributed by atoms with Crippen LogP contribution >= 0.6 is 22.6 Å². The standard InChI is InChI=1S/C20H30INO3/c1-3-4-10-15-20(24-2,17-13-8-9-14-18(17)21)25-19(23)22-16-11-6-5-7-12-16/h8-9,13-14,16H,3-7,10-12,15H2,1-2H3,(H,22,23)/t20-/m0/s1. The van der Waals surface area contributed by atoms with Crippen LogP contribution in [0.1, 0.15) is 70.3 Å². The van der Waals surface area contributed by atoms with Crippen molar-refractivity contribution < 1.29 is 14.3 Å². The molecule has 0 unspecified atom stereocenters. The molecule has 4 nitrogen and oxygen atoms in total. The number of ether oxygens (including phenoxy) is 2. The lowest BCUT2D eigenvalue weighted by Crippen LogP contribution is -2.43. The van der Waals surface area contributed by atoms with E-state index < -0.39 is 5.79 Å². The molecule has 1 aromatic carbocycles. The molecular weight excluding hydrogens is 429 g/mol. The molecule has 1 aromatic rings. The van der Waals surface area contributed by atoms with E-state index in [0.29, 0.717) is 6.42 Å². The van der Waals surface area contributed by atoms with Gasteiger partial charge < -0.3 is 14.8 Å². The van der Waals surface area contributed by atoms with Gasteiger partial charge in [0.05, 0.1) is 0 Å². The molecule has 0 saturated heterocycles. The summed E-state index contributed by atoms with van der Waals surface area (Å²) >= 11 is 2.28. The molecule has 0 aromatic heterocycles. The van der Waals surface area contributed by atoms with Gasteiger partial charge in [0, 0.05) is 28.7 Å². The number of unbranched alkanes of at least 4 members (excludes halogenated alkanes) is 2. The maximum Gasteiger partial charge on any atom is 0.410 e. The number of nitrogens with one attached hydrogen (secondary N) is 1. The predicted molar refractivity (Wildman–Crippen MR) is 108 cm³/mol. The van der Waals surface area contributed by atoms with Gasteiger partial charge in [-0.1, -0.05) is 57.2 Å². The van der Waals surface area contributed by atoms with Crippen molar-refractivity contribution >= 4 is 28.7 Å². The molecule has 2 rings (SSSR count). The number of carbonyl (C=O) groups is 1. The molecule has 1 fully saturated rings. The Morgan fingerprint density at radius 1 is 1.24 bits per heavy atom. The largest absolute Gasteiger partial charge is 0.412 e. The second-order valence-corrected chi connectivity index (χ2v) is 7.92. The van der Waals surface area contributed by atoms with E-state index in [9.17, 15) is 4.79 Å². The number of benzene rings is 1. The molecule has 0 aliphatic heterocycles. The lowest BCUT2D eigenvalue weighted by molar-refractivity contribution is -0.200. The van der Waals surface area contributed by atoms with E-state index in [0.717, 1.165) is 41.2 Å². The van der Waals surface area contributed by atoms with Crippen LogP contribution in [0.15, 0.2) is 24.3 Å². The molecule has 1 aliphatic rings. The van der Waals surface area contributed by atoms with Crippen LogP contribution in [0.2, 0.25) is 0 Å². The molecule has 1 N–H and O–H groups in total. The molecule has 0 radical (unpaired) electrons. The van der Waals surface area contributed by atoms with Gasteiger partial charge in [-0.2, -0.15) is 0 Å². The highest BCUT2D eigenvalue weighted by Gasteiger charge is 2.38. The minimum atomic E-state index is -1.02. The average molecular weight is 459 g/mol. The van der Waals surface area contributed by atoms with E-state index in [1.54, 1.807) is 7.11 Å². The van der Waals surface area contributed by atoms with Crippen molar-refractivity contribution in [3.63, 3.8) is 0 Å². The maximum atomic E-state index is 12.6. The highest BCUT2D eigenvalue weighted by Crippen LogP contribution is 2.35. The van der Waals surface area contributed by atoms with Crippen molar-refractivity contribution in [2.24, 2.45) is 0 Å². The highest BCUT2D eigenvalue weighted by molar-refractivity contribution is 14.1. The molecule has 0 heterocycles. The van der Waals surface area contributed by atoms with Gasteiger partial charge >= 0.3 is 6.09 Å². The Hall–Kier alpha value is -0.820. The van der Waals surface area contributed by atoms with Gasteiger partial charge in [-0.15, -0.1) is 0 Å². The first kappa shape index (κ1) is 20.5. The second-order valence-electron chi connectivity index (χ2n) is 6.76. The third-order valence-electron chi connectivity index (χ3n) is 4.91. The Bertz CT molecular complexity index is 545. The lowest BCUT2D eigenvalue weighted by atomic mass is 9.96. The first-order valence-corrected chi connectivity index (χ1v) is 10.5. The molecule has 25 heavy (non-hydrogen) atoms. The Labute approximate surface area is 165 Å². The van der Waals surface area contributed by atoms with E-state index in [-0.39, 0.29) is 12.1 Å². The molecule has 1 amide bonds. The summed E-state index contributed by atoms with van der Waals surface area (Å²) in [4.78, 5) is 12.6. The van der Waals surface area contributed by atoms with Gasteiger partial charge in [0.15, 0.2) is 0 Å². The van der Waals surface area contributed by atoms with E-state index in [4.69, 9.17) is 9.47 Å². The Balaban J connectivity index is 2.14. The smallest absolute Gasteiger partial charge is 0.410 e. The van der Waals surface area contributed by atoms with Gasteiger partial charge in [-0.3, -0.25) is 0 Å². The summed E-state index contributed by atoms with van der Waals surface area (Å²) in [6.07, 6.45) is 9.12. The zero-order valence-electron chi connectivity index (χ0n) is 15.4. The number of alkyl carbamates (subject to hydrolysis) is 1. The number of hydrogen-bond donors (Lipinski definition) is 1. The van der Waals surface area contributed by atoms with Crippen molar-refractivity contribution in [1.29, 1.82) is 0 Å².